The van der Waals surface area contributed by atoms with Gasteiger partial charge in [0.1, 0.15) is 0 Å². The van der Waals surface area contributed by atoms with Crippen molar-refractivity contribution in [3.8, 4) is 0 Å². The van der Waals surface area contributed by atoms with Gasteiger partial charge in [-0.1, -0.05) is 13.8 Å². The molecule has 8 heteroatoms. The van der Waals surface area contributed by atoms with E-state index in [-0.39, 0.29) is 17.5 Å². The van der Waals surface area contributed by atoms with Gasteiger partial charge in [0.25, 0.3) is 0 Å². The van der Waals surface area contributed by atoms with Crippen LogP contribution in [-0.4, -0.2) is 49.5 Å². The van der Waals surface area contributed by atoms with Gasteiger partial charge in [0.05, 0.1) is 25.2 Å². The van der Waals surface area contributed by atoms with Gasteiger partial charge in [-0.05, 0) is 99.7 Å². The van der Waals surface area contributed by atoms with E-state index in [1.165, 1.54) is 0 Å². The highest BCUT2D eigenvalue weighted by molar-refractivity contribution is 5.34. The van der Waals surface area contributed by atoms with Gasteiger partial charge in [-0.2, -0.15) is 0 Å². The molecule has 8 nitrogen and oxygen atoms in total. The monoisotopic (exact) mass is 482 g/mol. The van der Waals surface area contributed by atoms with Gasteiger partial charge < -0.3 is 0 Å². The summed E-state index contributed by atoms with van der Waals surface area (Å²) in [6.07, 6.45) is 16.8. The number of hydrogen-bond donors (Lipinski definition) is 0. The Morgan fingerprint density at radius 3 is 1.49 bits per heavy atom. The van der Waals surface area contributed by atoms with Crippen LogP contribution in [0.25, 0.3) is 0 Å². The third-order valence-electron chi connectivity index (χ3n) is 9.45. The molecule has 0 bridgehead atoms. The van der Waals surface area contributed by atoms with E-state index in [1.807, 2.05) is 0 Å². The van der Waals surface area contributed by atoms with Crippen LogP contribution in [0.4, 0.5) is 0 Å². The molecule has 3 saturated carbocycles. The fraction of sp³-hybridized carbons (Fsp3) is 0.852. The topological polar surface area (TPSA) is 118 Å². The van der Waals surface area contributed by atoms with Gasteiger partial charge in [0.2, 0.25) is 24.3 Å². The van der Waals surface area contributed by atoms with E-state index in [2.05, 4.69) is 33.8 Å². The van der Waals surface area contributed by atoms with E-state index >= 15 is 0 Å². The molecule has 0 aromatic heterocycles. The van der Waals surface area contributed by atoms with Crippen LogP contribution in [0.5, 0.6) is 0 Å². The van der Waals surface area contributed by atoms with Gasteiger partial charge in [0.15, 0.2) is 0 Å². The maximum atomic E-state index is 10.9. The zero-order chi connectivity index (χ0) is 25.3. The van der Waals surface area contributed by atoms with Crippen molar-refractivity contribution in [3.63, 3.8) is 0 Å². The zero-order valence-electron chi connectivity index (χ0n) is 21.0. The molecule has 6 atom stereocenters. The van der Waals surface area contributed by atoms with Crippen LogP contribution in [0.2, 0.25) is 0 Å². The molecule has 3 fully saturated rings. The molecule has 0 saturated heterocycles. The molecule has 0 spiro atoms. The molecule has 0 aromatic rings. The lowest BCUT2D eigenvalue weighted by atomic mass is 9.57. The molecule has 35 heavy (non-hydrogen) atoms. The van der Waals surface area contributed by atoms with E-state index in [9.17, 15) is 19.2 Å². The largest absolute Gasteiger partial charge is 0.235 e. The van der Waals surface area contributed by atoms with Crippen molar-refractivity contribution in [3.05, 3.63) is 0 Å². The maximum absolute atomic E-state index is 10.9. The van der Waals surface area contributed by atoms with Gasteiger partial charge in [-0.3, -0.25) is 0 Å². The standard InChI is InChI=1S/C27H38N4O4/c1-19-11-22(3-5-24(19)30-17-34)26(23-4-6-25(31-18-35)20(2)12-23)21-7-9-27(10-8-21,13-28-15-32)14-29-16-33/h19-26H,3-14H2,1-2H3. The van der Waals surface area contributed by atoms with Crippen LogP contribution in [0.15, 0.2) is 20.0 Å². The lowest BCUT2D eigenvalue weighted by Gasteiger charge is -2.49. The Bertz CT molecular complexity index is 840. The number of hydrogen-bond acceptors (Lipinski definition) is 8. The molecule has 0 radical (unpaired) electrons. The summed E-state index contributed by atoms with van der Waals surface area (Å²) in [6, 6.07) is 0.143. The molecule has 0 amide bonds. The normalized spacial score (nSPS) is 37.9. The average Bonchev–Trinajstić information content (AvgIpc) is 2.86. The third-order valence-corrected chi connectivity index (χ3v) is 9.45. The smallest absolute Gasteiger partial charge is 0.211 e. The van der Waals surface area contributed by atoms with Crippen molar-refractivity contribution in [1.82, 2.24) is 0 Å². The Hall–Kier alpha value is -2.48. The summed E-state index contributed by atoms with van der Waals surface area (Å²) < 4.78 is 0. The predicted octanol–water partition coefficient (Wildman–Crippen LogP) is 4.73. The lowest BCUT2D eigenvalue weighted by molar-refractivity contribution is 0.0194. The maximum Gasteiger partial charge on any atom is 0.235 e. The molecule has 0 N–H and O–H groups in total. The molecule has 0 heterocycles. The van der Waals surface area contributed by atoms with E-state index in [1.54, 1.807) is 24.3 Å². The van der Waals surface area contributed by atoms with Gasteiger partial charge >= 0.3 is 0 Å². The number of rotatable bonds is 9. The van der Waals surface area contributed by atoms with E-state index < -0.39 is 0 Å². The third kappa shape index (κ3) is 6.81. The molecule has 3 aliphatic carbocycles. The second-order valence-corrected chi connectivity index (χ2v) is 11.4. The number of aliphatic imine (C=N–C) groups is 4. The summed E-state index contributed by atoms with van der Waals surface area (Å²) in [5.74, 6) is 2.98. The van der Waals surface area contributed by atoms with Crippen LogP contribution >= 0.6 is 0 Å². The first-order valence-corrected chi connectivity index (χ1v) is 13.2. The molecule has 0 aliphatic heterocycles. The van der Waals surface area contributed by atoms with Crippen molar-refractivity contribution in [2.75, 3.05) is 13.1 Å². The van der Waals surface area contributed by atoms with Crippen LogP contribution in [0, 0.1) is 40.9 Å². The number of isocyanates is 4. The zero-order valence-corrected chi connectivity index (χ0v) is 21.0. The Morgan fingerprint density at radius 2 is 1.11 bits per heavy atom. The highest BCUT2D eigenvalue weighted by atomic mass is 16.1. The van der Waals surface area contributed by atoms with Crippen molar-refractivity contribution in [2.45, 2.75) is 90.1 Å². The molecular weight excluding hydrogens is 444 g/mol. The molecule has 0 aromatic carbocycles. The highest BCUT2D eigenvalue weighted by Gasteiger charge is 2.45. The van der Waals surface area contributed by atoms with E-state index in [0.29, 0.717) is 48.6 Å². The van der Waals surface area contributed by atoms with Crippen LogP contribution in [-0.2, 0) is 19.2 Å². The van der Waals surface area contributed by atoms with Gasteiger partial charge in [0, 0.05) is 5.41 Å². The minimum atomic E-state index is -0.261. The number of nitrogens with zero attached hydrogens (tertiary/aromatic N) is 4. The van der Waals surface area contributed by atoms with Crippen molar-refractivity contribution in [2.24, 2.45) is 60.9 Å². The number of carbonyl (C=O) groups excluding carboxylic acids is 4. The Morgan fingerprint density at radius 1 is 0.657 bits per heavy atom. The molecule has 3 rings (SSSR count). The Kier molecular flexibility index (Phi) is 10.1. The van der Waals surface area contributed by atoms with E-state index in [4.69, 9.17) is 0 Å². The summed E-state index contributed by atoms with van der Waals surface area (Å²) in [5, 5.41) is 0. The molecule has 6 unspecified atom stereocenters. The molecule has 190 valence electrons. The lowest BCUT2D eigenvalue weighted by Crippen LogP contribution is -2.43. The van der Waals surface area contributed by atoms with Gasteiger partial charge in [-0.15, -0.1) is 0 Å². The summed E-state index contributed by atoms with van der Waals surface area (Å²) >= 11 is 0. The highest BCUT2D eigenvalue weighted by Crippen LogP contribution is 2.52. The summed E-state index contributed by atoms with van der Waals surface area (Å²) in [6.45, 7) is 5.12. The van der Waals surface area contributed by atoms with Crippen molar-refractivity contribution in [1.29, 1.82) is 0 Å². The second kappa shape index (κ2) is 13.0. The van der Waals surface area contributed by atoms with Crippen molar-refractivity contribution < 1.29 is 19.2 Å². The first-order chi connectivity index (χ1) is 17.0. The van der Waals surface area contributed by atoms with Crippen molar-refractivity contribution >= 4 is 24.3 Å². The predicted molar refractivity (Wildman–Crippen MR) is 131 cm³/mol. The first kappa shape index (κ1) is 27.1. The average molecular weight is 483 g/mol. The summed E-state index contributed by atoms with van der Waals surface area (Å²) in [4.78, 5) is 59.2. The SMILES string of the molecule is CC1CC(C(C2CCC(CN=C=O)(CN=C=O)CC2)C2CCC(N=C=O)C(C)C2)CCC1N=C=O. The van der Waals surface area contributed by atoms with E-state index in [0.717, 1.165) is 64.2 Å². The quantitative estimate of drug-likeness (QED) is 0.348. The van der Waals surface area contributed by atoms with Gasteiger partial charge in [-0.25, -0.2) is 39.1 Å². The Balaban J connectivity index is 1.80. The van der Waals surface area contributed by atoms with Crippen LogP contribution in [0.1, 0.15) is 78.1 Å². The minimum absolute atomic E-state index is 0.0717. The first-order valence-electron chi connectivity index (χ1n) is 13.2. The minimum Gasteiger partial charge on any atom is -0.211 e. The van der Waals surface area contributed by atoms with Crippen LogP contribution < -0.4 is 0 Å². The molecule has 3 aliphatic rings. The Labute approximate surface area is 207 Å². The molecular formula is C27H38N4O4. The summed E-state index contributed by atoms with van der Waals surface area (Å²) in [7, 11) is 0. The fourth-order valence-corrected chi connectivity index (χ4v) is 7.62. The fourth-order valence-electron chi connectivity index (χ4n) is 7.62. The summed E-state index contributed by atoms with van der Waals surface area (Å²) in [5.41, 5.74) is -0.261. The second-order valence-electron chi connectivity index (χ2n) is 11.4. The van der Waals surface area contributed by atoms with Crippen LogP contribution in [0.3, 0.4) is 0 Å².